The average Bonchev–Trinajstić information content (AvgIpc) is 2.74. The SMILES string of the molecule is [C-]#[N+]/C(C#N)=C1\CC(=O)c2sccc21. The minimum Gasteiger partial charge on any atom is -0.293 e. The van der Waals surface area contributed by atoms with Crippen molar-refractivity contribution in [2.45, 2.75) is 6.42 Å². The lowest BCUT2D eigenvalue weighted by Crippen LogP contribution is -1.86. The number of thiophene rings is 1. The Labute approximate surface area is 84.7 Å². The number of fused-ring (bicyclic) bond motifs is 1. The maximum atomic E-state index is 11.4. The van der Waals surface area contributed by atoms with Crippen molar-refractivity contribution in [1.29, 1.82) is 5.26 Å². The summed E-state index contributed by atoms with van der Waals surface area (Å²) in [7, 11) is 0. The molecule has 0 amide bonds. The molecule has 1 aromatic rings. The van der Waals surface area contributed by atoms with Crippen molar-refractivity contribution >= 4 is 22.7 Å². The fourth-order valence-corrected chi connectivity index (χ4v) is 2.33. The van der Waals surface area contributed by atoms with E-state index in [0.717, 1.165) is 5.56 Å². The van der Waals surface area contributed by atoms with Gasteiger partial charge in [0, 0.05) is 6.42 Å². The molecule has 2 rings (SSSR count). The van der Waals surface area contributed by atoms with Gasteiger partial charge in [0.2, 0.25) is 0 Å². The van der Waals surface area contributed by atoms with Crippen LogP contribution in [0.3, 0.4) is 0 Å². The summed E-state index contributed by atoms with van der Waals surface area (Å²) < 4.78 is 0. The van der Waals surface area contributed by atoms with Crippen LogP contribution in [0.15, 0.2) is 17.1 Å². The summed E-state index contributed by atoms with van der Waals surface area (Å²) >= 11 is 1.37. The number of hydrogen-bond acceptors (Lipinski definition) is 3. The predicted octanol–water partition coefficient (Wildman–Crippen LogP) is 2.49. The topological polar surface area (TPSA) is 45.2 Å². The average molecular weight is 200 g/mol. The van der Waals surface area contributed by atoms with Crippen molar-refractivity contribution in [3.8, 4) is 6.07 Å². The van der Waals surface area contributed by atoms with Crippen LogP contribution >= 0.6 is 11.3 Å². The molecule has 0 fully saturated rings. The first-order chi connectivity index (χ1) is 6.77. The van der Waals surface area contributed by atoms with Crippen molar-refractivity contribution in [2.24, 2.45) is 0 Å². The molecule has 66 valence electrons. The molecular weight excluding hydrogens is 196 g/mol. The lowest BCUT2D eigenvalue weighted by Gasteiger charge is -1.93. The maximum absolute atomic E-state index is 11.4. The zero-order chi connectivity index (χ0) is 10.1. The van der Waals surface area contributed by atoms with Crippen LogP contribution in [-0.4, -0.2) is 5.78 Å². The summed E-state index contributed by atoms with van der Waals surface area (Å²) in [5.74, 6) is 0.0152. The molecule has 1 aliphatic carbocycles. The first-order valence-electron chi connectivity index (χ1n) is 3.89. The molecule has 0 spiro atoms. The number of hydrogen-bond donors (Lipinski definition) is 0. The first-order valence-corrected chi connectivity index (χ1v) is 4.77. The number of nitrogens with zero attached hydrogens (tertiary/aromatic N) is 2. The Morgan fingerprint density at radius 2 is 2.50 bits per heavy atom. The van der Waals surface area contributed by atoms with Crippen LogP contribution in [0.1, 0.15) is 21.7 Å². The Morgan fingerprint density at radius 3 is 3.14 bits per heavy atom. The van der Waals surface area contributed by atoms with Crippen LogP contribution in [0, 0.1) is 17.9 Å². The lowest BCUT2D eigenvalue weighted by atomic mass is 10.1. The normalized spacial score (nSPS) is 17.1. The highest BCUT2D eigenvalue weighted by Gasteiger charge is 2.27. The van der Waals surface area contributed by atoms with Gasteiger partial charge in [-0.3, -0.25) is 4.79 Å². The molecule has 0 bridgehead atoms. The summed E-state index contributed by atoms with van der Waals surface area (Å²) in [6.07, 6.45) is 0.202. The van der Waals surface area contributed by atoms with Gasteiger partial charge in [-0.15, -0.1) is 11.3 Å². The monoisotopic (exact) mass is 200 g/mol. The second-order valence-corrected chi connectivity index (χ2v) is 3.73. The van der Waals surface area contributed by atoms with E-state index in [1.165, 1.54) is 11.3 Å². The van der Waals surface area contributed by atoms with E-state index in [0.29, 0.717) is 10.5 Å². The molecule has 1 aliphatic rings. The minimum absolute atomic E-state index is 0.0152. The highest BCUT2D eigenvalue weighted by molar-refractivity contribution is 7.12. The molecule has 14 heavy (non-hydrogen) atoms. The minimum atomic E-state index is 0.0152. The number of carbonyl (C=O) groups is 1. The van der Waals surface area contributed by atoms with Crippen molar-refractivity contribution < 1.29 is 4.79 Å². The number of nitriles is 1. The van der Waals surface area contributed by atoms with Crippen molar-refractivity contribution in [2.75, 3.05) is 0 Å². The maximum Gasteiger partial charge on any atom is 0.266 e. The number of Topliss-reactive ketones (excluding diaryl/α,β-unsaturated/α-hetero) is 1. The van der Waals surface area contributed by atoms with Gasteiger partial charge in [-0.05, 0) is 22.6 Å². The third-order valence-corrected chi connectivity index (χ3v) is 3.04. The van der Waals surface area contributed by atoms with Crippen molar-refractivity contribution in [3.05, 3.63) is 39.0 Å². The Hall–Kier alpha value is -1.91. The predicted molar refractivity (Wildman–Crippen MR) is 52.4 cm³/mol. The second kappa shape index (κ2) is 3.10. The van der Waals surface area contributed by atoms with E-state index in [1.807, 2.05) is 6.07 Å². The summed E-state index contributed by atoms with van der Waals surface area (Å²) in [4.78, 5) is 15.2. The van der Waals surface area contributed by atoms with Crippen molar-refractivity contribution in [1.82, 2.24) is 0 Å². The van der Waals surface area contributed by atoms with E-state index in [-0.39, 0.29) is 17.9 Å². The Bertz CT molecular complexity index is 509. The first kappa shape index (κ1) is 8.68. The quantitative estimate of drug-likeness (QED) is 0.477. The van der Waals surface area contributed by atoms with Gasteiger partial charge in [0.25, 0.3) is 5.70 Å². The second-order valence-electron chi connectivity index (χ2n) is 2.81. The zero-order valence-electron chi connectivity index (χ0n) is 7.07. The molecule has 0 radical (unpaired) electrons. The molecule has 1 aromatic heterocycles. The molecule has 0 saturated heterocycles. The van der Waals surface area contributed by atoms with Gasteiger partial charge in [0.15, 0.2) is 5.78 Å². The molecule has 0 unspecified atom stereocenters. The van der Waals surface area contributed by atoms with Crippen molar-refractivity contribution in [3.63, 3.8) is 0 Å². The van der Waals surface area contributed by atoms with Gasteiger partial charge in [0.05, 0.1) is 17.5 Å². The molecule has 3 nitrogen and oxygen atoms in total. The molecule has 0 aliphatic heterocycles. The number of allylic oxidation sites excluding steroid dienone is 2. The van der Waals surface area contributed by atoms with Crippen LogP contribution in [0.25, 0.3) is 10.4 Å². The Balaban J connectivity index is 2.68. The van der Waals surface area contributed by atoms with E-state index in [2.05, 4.69) is 4.85 Å². The molecule has 0 N–H and O–H groups in total. The number of rotatable bonds is 0. The van der Waals surface area contributed by atoms with Gasteiger partial charge in [-0.25, -0.2) is 10.1 Å². The van der Waals surface area contributed by atoms with Crippen LogP contribution in [0.2, 0.25) is 0 Å². The van der Waals surface area contributed by atoms with Crippen LogP contribution < -0.4 is 0 Å². The molecular formula is C10H4N2OS. The van der Waals surface area contributed by atoms with Gasteiger partial charge in [0.1, 0.15) is 0 Å². The van der Waals surface area contributed by atoms with E-state index < -0.39 is 0 Å². The lowest BCUT2D eigenvalue weighted by molar-refractivity contribution is 0.101. The van der Waals surface area contributed by atoms with Crippen LogP contribution in [0.5, 0.6) is 0 Å². The van der Waals surface area contributed by atoms with E-state index in [4.69, 9.17) is 11.8 Å². The molecule has 0 saturated carbocycles. The van der Waals surface area contributed by atoms with Gasteiger partial charge in [-0.1, -0.05) is 0 Å². The fourth-order valence-electron chi connectivity index (χ4n) is 1.47. The molecule has 1 heterocycles. The Morgan fingerprint density at radius 1 is 1.71 bits per heavy atom. The van der Waals surface area contributed by atoms with Crippen LogP contribution in [-0.2, 0) is 0 Å². The molecule has 0 aromatic carbocycles. The summed E-state index contributed by atoms with van der Waals surface area (Å²) in [5.41, 5.74) is 1.40. The number of ketones is 1. The third-order valence-electron chi connectivity index (χ3n) is 2.08. The van der Waals surface area contributed by atoms with Gasteiger partial charge >= 0.3 is 0 Å². The number of carbonyl (C=O) groups excluding carboxylic acids is 1. The van der Waals surface area contributed by atoms with Gasteiger partial charge < -0.3 is 0 Å². The highest BCUT2D eigenvalue weighted by Crippen LogP contribution is 2.37. The van der Waals surface area contributed by atoms with E-state index in [9.17, 15) is 4.79 Å². The zero-order valence-corrected chi connectivity index (χ0v) is 7.89. The smallest absolute Gasteiger partial charge is 0.266 e. The van der Waals surface area contributed by atoms with Crippen LogP contribution in [0.4, 0.5) is 0 Å². The summed E-state index contributed by atoms with van der Waals surface area (Å²) in [6, 6.07) is 3.62. The van der Waals surface area contributed by atoms with Gasteiger partial charge in [-0.2, -0.15) is 0 Å². The van der Waals surface area contributed by atoms with E-state index >= 15 is 0 Å². The fraction of sp³-hybridized carbons (Fsp3) is 0.100. The Kier molecular flexibility index (Phi) is 1.92. The summed E-state index contributed by atoms with van der Waals surface area (Å²) in [5, 5.41) is 10.5. The molecule has 0 atom stereocenters. The van der Waals surface area contributed by atoms with E-state index in [1.54, 1.807) is 11.4 Å². The largest absolute Gasteiger partial charge is 0.293 e. The molecule has 4 heteroatoms. The third kappa shape index (κ3) is 1.06. The summed E-state index contributed by atoms with van der Waals surface area (Å²) in [6.45, 7) is 6.82. The highest BCUT2D eigenvalue weighted by atomic mass is 32.1. The standard InChI is InChI=1S/C10H4N2OS/c1-12-8(5-11)7-4-9(13)10-6(7)2-3-14-10/h2-3H,4H2/b8-7+.